The third kappa shape index (κ3) is 3.24. The Hall–Kier alpha value is -4.07. The molecular weight excluding hydrogens is 463 g/mol. The fraction of sp³-hybridized carbons (Fsp3) is 0.0625. The van der Waals surface area contributed by atoms with Crippen LogP contribution >= 0.6 is 7.37 Å². The fourth-order valence-electron chi connectivity index (χ4n) is 5.36. The molecule has 1 atom stereocenters. The monoisotopic (exact) mass is 488 g/mol. The second-order valence-electron chi connectivity index (χ2n) is 8.83. The summed E-state index contributed by atoms with van der Waals surface area (Å²) in [5, 5.41) is -0.391. The molecule has 176 valence electrons. The van der Waals surface area contributed by atoms with Crippen LogP contribution in [0.15, 0.2) is 133 Å². The van der Waals surface area contributed by atoms with Crippen LogP contribution in [0.4, 0.5) is 0 Å². The van der Waals surface area contributed by atoms with E-state index in [1.807, 2.05) is 133 Å². The quantitative estimate of drug-likeness (QED) is 0.188. The minimum Gasteiger partial charge on any atom is -0.497 e. The normalized spacial score (nSPS) is 16.4. The number of fused-ring (bicyclic) bond motifs is 3. The zero-order valence-corrected chi connectivity index (χ0v) is 20.8. The van der Waals surface area contributed by atoms with Gasteiger partial charge >= 0.3 is 0 Å². The summed E-state index contributed by atoms with van der Waals surface area (Å²) in [5.41, 5.74) is 4.56. The van der Waals surface area contributed by atoms with Gasteiger partial charge in [-0.15, -0.1) is 0 Å². The molecule has 5 aromatic rings. The number of methoxy groups -OCH3 is 1. The third-order valence-electron chi connectivity index (χ3n) is 6.96. The SMILES string of the molecule is COc1ccc(C(c2ccccc2)(c2ccccc2)P2(=O)Oc3ccccc3-c3ccccc32)cc1. The number of hydrogen-bond acceptors (Lipinski definition) is 3. The van der Waals surface area contributed by atoms with Crippen LogP contribution in [-0.4, -0.2) is 7.11 Å². The van der Waals surface area contributed by atoms with Gasteiger partial charge < -0.3 is 9.26 Å². The van der Waals surface area contributed by atoms with Crippen molar-refractivity contribution in [2.75, 3.05) is 7.11 Å². The standard InChI is InChI=1S/C32H25O3P/c1-34-27-22-20-26(21-23-27)32(24-12-4-2-5-13-24,25-14-6-3-7-15-25)36(33)31-19-11-9-17-29(31)28-16-8-10-18-30(28)35-36/h2-23H,1H3. The van der Waals surface area contributed by atoms with Crippen LogP contribution in [-0.2, 0) is 9.72 Å². The summed E-state index contributed by atoms with van der Waals surface area (Å²) < 4.78 is 28.2. The lowest BCUT2D eigenvalue weighted by molar-refractivity contribution is 0.414. The highest BCUT2D eigenvalue weighted by atomic mass is 31.2. The second-order valence-corrected chi connectivity index (χ2v) is 11.3. The Labute approximate surface area is 211 Å². The van der Waals surface area contributed by atoms with Gasteiger partial charge in [-0.2, -0.15) is 0 Å². The predicted molar refractivity (Wildman–Crippen MR) is 146 cm³/mol. The molecule has 1 aliphatic rings. The smallest absolute Gasteiger partial charge is 0.296 e. The first-order chi connectivity index (χ1) is 17.7. The van der Waals surface area contributed by atoms with Gasteiger partial charge in [-0.3, -0.25) is 4.57 Å². The van der Waals surface area contributed by atoms with Crippen molar-refractivity contribution in [3.8, 4) is 22.6 Å². The van der Waals surface area contributed by atoms with E-state index in [0.29, 0.717) is 11.1 Å². The first-order valence-corrected chi connectivity index (χ1v) is 13.6. The van der Waals surface area contributed by atoms with E-state index in [4.69, 9.17) is 9.26 Å². The van der Waals surface area contributed by atoms with E-state index in [1.165, 1.54) is 0 Å². The van der Waals surface area contributed by atoms with Crippen molar-refractivity contribution in [2.24, 2.45) is 0 Å². The molecule has 1 unspecified atom stereocenters. The Bertz CT molecular complexity index is 1520. The van der Waals surface area contributed by atoms with Gasteiger partial charge in [0.15, 0.2) is 0 Å². The van der Waals surface area contributed by atoms with Crippen LogP contribution in [0, 0.1) is 0 Å². The van der Waals surface area contributed by atoms with Crippen molar-refractivity contribution in [1.82, 2.24) is 0 Å². The number of hydrogen-bond donors (Lipinski definition) is 0. The highest BCUT2D eigenvalue weighted by molar-refractivity contribution is 7.69. The maximum atomic E-state index is 15.9. The summed E-state index contributed by atoms with van der Waals surface area (Å²) >= 11 is 0. The van der Waals surface area contributed by atoms with Gasteiger partial charge in [0.25, 0.3) is 7.37 Å². The molecule has 0 amide bonds. The summed E-state index contributed by atoms with van der Waals surface area (Å²) in [5.74, 6) is 1.37. The molecule has 0 aromatic heterocycles. The van der Waals surface area contributed by atoms with E-state index in [2.05, 4.69) is 0 Å². The molecule has 1 aliphatic heterocycles. The molecule has 5 aromatic carbocycles. The van der Waals surface area contributed by atoms with Gasteiger partial charge in [-0.25, -0.2) is 0 Å². The van der Waals surface area contributed by atoms with Gasteiger partial charge in [0.05, 0.1) is 12.4 Å². The van der Waals surface area contributed by atoms with Crippen LogP contribution in [0.3, 0.4) is 0 Å². The van der Waals surface area contributed by atoms with E-state index in [-0.39, 0.29) is 0 Å². The zero-order valence-electron chi connectivity index (χ0n) is 19.9. The molecule has 4 heteroatoms. The molecule has 0 radical (unpaired) electrons. The number of para-hydroxylation sites is 1. The van der Waals surface area contributed by atoms with Crippen molar-refractivity contribution in [3.63, 3.8) is 0 Å². The Kier molecular flexibility index (Phi) is 5.51. The maximum Gasteiger partial charge on any atom is 0.296 e. The Morgan fingerprint density at radius 3 is 1.69 bits per heavy atom. The highest BCUT2D eigenvalue weighted by Crippen LogP contribution is 2.71. The molecule has 0 saturated heterocycles. The fourth-order valence-corrected chi connectivity index (χ4v) is 8.66. The van der Waals surface area contributed by atoms with Gasteiger partial charge in [0, 0.05) is 5.56 Å². The van der Waals surface area contributed by atoms with E-state index < -0.39 is 12.5 Å². The number of benzene rings is 5. The molecule has 0 N–H and O–H groups in total. The van der Waals surface area contributed by atoms with Crippen LogP contribution in [0.1, 0.15) is 16.7 Å². The molecule has 0 bridgehead atoms. The topological polar surface area (TPSA) is 35.5 Å². The van der Waals surface area contributed by atoms with Crippen molar-refractivity contribution in [1.29, 1.82) is 0 Å². The first kappa shape index (κ1) is 22.4. The summed E-state index contributed by atoms with van der Waals surface area (Å²) in [6.45, 7) is 0. The second kappa shape index (κ2) is 8.86. The average molecular weight is 489 g/mol. The third-order valence-corrected chi connectivity index (χ3v) is 10.1. The van der Waals surface area contributed by atoms with Crippen molar-refractivity contribution in [2.45, 2.75) is 5.16 Å². The van der Waals surface area contributed by atoms with Crippen LogP contribution in [0.25, 0.3) is 11.1 Å². The van der Waals surface area contributed by atoms with Crippen LogP contribution in [0.2, 0.25) is 0 Å². The molecule has 6 rings (SSSR count). The highest BCUT2D eigenvalue weighted by Gasteiger charge is 2.57. The minimum absolute atomic E-state index is 0.629. The Morgan fingerprint density at radius 1 is 0.583 bits per heavy atom. The molecule has 0 fully saturated rings. The number of ether oxygens (including phenoxy) is 1. The summed E-state index contributed by atoms with van der Waals surface area (Å²) in [7, 11) is -2.06. The van der Waals surface area contributed by atoms with Crippen molar-refractivity contribution >= 4 is 12.7 Å². The van der Waals surface area contributed by atoms with Crippen molar-refractivity contribution in [3.05, 3.63) is 150 Å². The zero-order chi connectivity index (χ0) is 24.6. The van der Waals surface area contributed by atoms with Gasteiger partial charge in [0.2, 0.25) is 0 Å². The maximum absolute atomic E-state index is 15.9. The summed E-state index contributed by atoms with van der Waals surface area (Å²) in [4.78, 5) is 0. The van der Waals surface area contributed by atoms with Gasteiger partial charge in [-0.1, -0.05) is 109 Å². The van der Waals surface area contributed by atoms with Crippen LogP contribution < -0.4 is 14.6 Å². The van der Waals surface area contributed by atoms with E-state index >= 15 is 4.57 Å². The molecule has 0 aliphatic carbocycles. The average Bonchev–Trinajstić information content (AvgIpc) is 2.95. The summed E-state index contributed by atoms with van der Waals surface area (Å²) in [6, 6.07) is 43.7. The lowest BCUT2D eigenvalue weighted by atomic mass is 9.84. The van der Waals surface area contributed by atoms with E-state index in [0.717, 1.165) is 33.6 Å². The van der Waals surface area contributed by atoms with Crippen molar-refractivity contribution < 1.29 is 13.8 Å². The van der Waals surface area contributed by atoms with Gasteiger partial charge in [0.1, 0.15) is 16.7 Å². The molecule has 3 nitrogen and oxygen atoms in total. The lowest BCUT2D eigenvalue weighted by Crippen LogP contribution is -2.37. The van der Waals surface area contributed by atoms with E-state index in [9.17, 15) is 0 Å². The molecule has 1 heterocycles. The molecule has 36 heavy (non-hydrogen) atoms. The molecule has 0 saturated carbocycles. The molecular formula is C32H25O3P. The first-order valence-electron chi connectivity index (χ1n) is 11.9. The molecule has 0 spiro atoms. The largest absolute Gasteiger partial charge is 0.497 e. The van der Waals surface area contributed by atoms with E-state index in [1.54, 1.807) is 7.11 Å². The van der Waals surface area contributed by atoms with Crippen LogP contribution in [0.5, 0.6) is 11.5 Å². The Balaban J connectivity index is 1.77. The summed E-state index contributed by atoms with van der Waals surface area (Å²) in [6.07, 6.45) is 0. The lowest BCUT2D eigenvalue weighted by Gasteiger charge is -2.44. The predicted octanol–water partition coefficient (Wildman–Crippen LogP) is 7.65. The number of rotatable bonds is 5. The Morgan fingerprint density at radius 2 is 1.08 bits per heavy atom. The minimum atomic E-state index is -3.71. The van der Waals surface area contributed by atoms with Gasteiger partial charge in [-0.05, 0) is 46.5 Å².